The highest BCUT2D eigenvalue weighted by Gasteiger charge is 2.20. The normalized spacial score (nSPS) is 11.6. The Morgan fingerprint density at radius 3 is 2.74 bits per heavy atom. The number of nitrogens with one attached hydrogen (secondary N) is 2. The van der Waals surface area contributed by atoms with Crippen LogP contribution in [0.25, 0.3) is 17.0 Å². The summed E-state index contributed by atoms with van der Waals surface area (Å²) < 4.78 is 56.9. The van der Waals surface area contributed by atoms with Crippen molar-refractivity contribution >= 4 is 38.2 Å². The highest BCUT2D eigenvalue weighted by atomic mass is 32.2. The first-order valence-corrected chi connectivity index (χ1v) is 10.8. The van der Waals surface area contributed by atoms with Crippen LogP contribution < -0.4 is 10.0 Å². The number of halogens is 2. The van der Waals surface area contributed by atoms with E-state index < -0.39 is 27.3 Å². The van der Waals surface area contributed by atoms with Crippen LogP contribution in [-0.4, -0.2) is 43.9 Å². The fourth-order valence-corrected chi connectivity index (χ4v) is 3.92. The van der Waals surface area contributed by atoms with E-state index in [1.54, 1.807) is 25.4 Å². The number of nitrogens with zero attached hydrogens (tertiary/aromatic N) is 6. The molecule has 0 spiro atoms. The molecule has 4 rings (SSSR count). The second kappa shape index (κ2) is 8.18. The smallest absolute Gasteiger partial charge is 0.251 e. The molecule has 0 atom stereocenters. The van der Waals surface area contributed by atoms with Gasteiger partial charge in [-0.15, -0.1) is 0 Å². The van der Waals surface area contributed by atoms with Crippen LogP contribution >= 0.6 is 0 Å². The standard InChI is InChI=1S/C18H16F2N8O2S/c1-2-8-31(29,30)27-12-5-4-11(19)15(14(12)20)25-17-16-13(22-10-23-17)9-21-18(26-16)28-7-3-6-24-28/h3-7,9-10,27H,2,8H2,1H3,(H,22,23,25). The van der Waals surface area contributed by atoms with Gasteiger partial charge >= 0.3 is 0 Å². The molecule has 3 aromatic heterocycles. The number of hydrogen-bond acceptors (Lipinski definition) is 8. The molecular weight excluding hydrogens is 430 g/mol. The largest absolute Gasteiger partial charge is 0.333 e. The van der Waals surface area contributed by atoms with E-state index >= 15 is 0 Å². The molecule has 3 heterocycles. The highest BCUT2D eigenvalue weighted by molar-refractivity contribution is 7.92. The third-order valence-corrected chi connectivity index (χ3v) is 5.62. The molecular formula is C18H16F2N8O2S. The van der Waals surface area contributed by atoms with Crippen LogP contribution in [0.3, 0.4) is 0 Å². The van der Waals surface area contributed by atoms with E-state index in [2.05, 4.69) is 35.1 Å². The van der Waals surface area contributed by atoms with E-state index in [1.165, 1.54) is 17.2 Å². The SMILES string of the molecule is CCCS(=O)(=O)Nc1ccc(F)c(Nc2ncnc3cnc(-n4cccn4)nc23)c1F. The van der Waals surface area contributed by atoms with Crippen LogP contribution in [0.1, 0.15) is 13.3 Å². The molecule has 0 radical (unpaired) electrons. The van der Waals surface area contributed by atoms with Crippen molar-refractivity contribution in [2.75, 3.05) is 15.8 Å². The Hall–Kier alpha value is -3.74. The van der Waals surface area contributed by atoms with Crippen molar-refractivity contribution in [2.24, 2.45) is 0 Å². The maximum absolute atomic E-state index is 15.0. The molecule has 160 valence electrons. The molecule has 31 heavy (non-hydrogen) atoms. The second-order valence-electron chi connectivity index (χ2n) is 6.41. The fraction of sp³-hybridized carbons (Fsp3) is 0.167. The van der Waals surface area contributed by atoms with Gasteiger partial charge in [-0.1, -0.05) is 6.92 Å². The van der Waals surface area contributed by atoms with E-state index in [9.17, 15) is 17.2 Å². The van der Waals surface area contributed by atoms with Crippen molar-refractivity contribution in [2.45, 2.75) is 13.3 Å². The summed E-state index contributed by atoms with van der Waals surface area (Å²) in [5, 5.41) is 6.60. The van der Waals surface area contributed by atoms with Gasteiger partial charge in [0.05, 0.1) is 17.6 Å². The van der Waals surface area contributed by atoms with E-state index in [0.717, 1.165) is 12.1 Å². The van der Waals surface area contributed by atoms with Crippen molar-refractivity contribution in [3.8, 4) is 5.95 Å². The first-order chi connectivity index (χ1) is 14.9. The van der Waals surface area contributed by atoms with Gasteiger partial charge in [-0.25, -0.2) is 41.8 Å². The summed E-state index contributed by atoms with van der Waals surface area (Å²) in [6, 6.07) is 3.64. The number of hydrogen-bond donors (Lipinski definition) is 2. The van der Waals surface area contributed by atoms with Crippen LogP contribution in [0.15, 0.2) is 43.1 Å². The summed E-state index contributed by atoms with van der Waals surface area (Å²) >= 11 is 0. The number of rotatable bonds is 7. The van der Waals surface area contributed by atoms with Crippen LogP contribution in [-0.2, 0) is 10.0 Å². The molecule has 2 N–H and O–H groups in total. The molecule has 0 aliphatic heterocycles. The Labute approximate surface area is 175 Å². The van der Waals surface area contributed by atoms with Gasteiger partial charge in [-0.05, 0) is 24.6 Å². The van der Waals surface area contributed by atoms with Gasteiger partial charge in [-0.3, -0.25) is 4.72 Å². The molecule has 0 fully saturated rings. The first kappa shape index (κ1) is 20.5. The molecule has 4 aromatic rings. The summed E-state index contributed by atoms with van der Waals surface area (Å²) in [7, 11) is -3.77. The molecule has 10 nitrogen and oxygen atoms in total. The fourth-order valence-electron chi connectivity index (χ4n) is 2.79. The van der Waals surface area contributed by atoms with Crippen LogP contribution in [0.4, 0.5) is 26.0 Å². The van der Waals surface area contributed by atoms with Gasteiger partial charge in [0.2, 0.25) is 10.0 Å². The van der Waals surface area contributed by atoms with Crippen LogP contribution in [0, 0.1) is 11.6 Å². The number of benzene rings is 1. The monoisotopic (exact) mass is 446 g/mol. The van der Waals surface area contributed by atoms with Gasteiger partial charge in [0, 0.05) is 12.4 Å². The summed E-state index contributed by atoms with van der Waals surface area (Å²) in [6.45, 7) is 1.67. The average Bonchev–Trinajstić information content (AvgIpc) is 3.28. The molecule has 0 saturated heterocycles. The summed E-state index contributed by atoms with van der Waals surface area (Å²) in [5.74, 6) is -2.04. The molecule has 0 unspecified atom stereocenters. The van der Waals surface area contributed by atoms with E-state index in [1.807, 2.05) is 0 Å². The minimum absolute atomic E-state index is 0.00664. The molecule has 13 heteroatoms. The Bertz CT molecular complexity index is 1350. The van der Waals surface area contributed by atoms with Crippen LogP contribution in [0.2, 0.25) is 0 Å². The third kappa shape index (κ3) is 4.26. The Balaban J connectivity index is 1.75. The zero-order valence-electron chi connectivity index (χ0n) is 16.1. The third-order valence-electron chi connectivity index (χ3n) is 4.15. The summed E-state index contributed by atoms with van der Waals surface area (Å²) in [6.07, 6.45) is 6.13. The zero-order chi connectivity index (χ0) is 22.0. The molecule has 0 amide bonds. The number of fused-ring (bicyclic) bond motifs is 1. The maximum Gasteiger partial charge on any atom is 0.251 e. The highest BCUT2D eigenvalue weighted by Crippen LogP contribution is 2.30. The number of sulfonamides is 1. The van der Waals surface area contributed by atoms with Gasteiger partial charge in [0.15, 0.2) is 11.6 Å². The maximum atomic E-state index is 15.0. The number of aromatic nitrogens is 6. The Morgan fingerprint density at radius 1 is 1.16 bits per heavy atom. The summed E-state index contributed by atoms with van der Waals surface area (Å²) in [4.78, 5) is 16.6. The molecule has 1 aromatic carbocycles. The lowest BCUT2D eigenvalue weighted by molar-refractivity contribution is 0.588. The van der Waals surface area contributed by atoms with Gasteiger partial charge in [0.25, 0.3) is 5.95 Å². The van der Waals surface area contributed by atoms with E-state index in [0.29, 0.717) is 11.9 Å². The lowest BCUT2D eigenvalue weighted by Gasteiger charge is -2.14. The van der Waals surface area contributed by atoms with Crippen molar-refractivity contribution in [3.05, 3.63) is 54.8 Å². The Morgan fingerprint density at radius 2 is 2.00 bits per heavy atom. The predicted octanol–water partition coefficient (Wildman–Crippen LogP) is 2.78. The molecule has 0 bridgehead atoms. The van der Waals surface area contributed by atoms with E-state index in [4.69, 9.17) is 0 Å². The molecule has 0 saturated carbocycles. The lowest BCUT2D eigenvalue weighted by Crippen LogP contribution is -2.17. The molecule has 0 aliphatic carbocycles. The Kier molecular flexibility index (Phi) is 5.42. The van der Waals surface area contributed by atoms with Gasteiger partial charge < -0.3 is 5.32 Å². The first-order valence-electron chi connectivity index (χ1n) is 9.11. The lowest BCUT2D eigenvalue weighted by atomic mass is 10.2. The van der Waals surface area contributed by atoms with Crippen molar-refractivity contribution in [1.29, 1.82) is 0 Å². The minimum Gasteiger partial charge on any atom is -0.333 e. The minimum atomic E-state index is -3.77. The predicted molar refractivity (Wildman–Crippen MR) is 110 cm³/mol. The van der Waals surface area contributed by atoms with Gasteiger partial charge in [0.1, 0.15) is 28.9 Å². The molecule has 0 aliphatic rings. The quantitative estimate of drug-likeness (QED) is 0.444. The average molecular weight is 446 g/mol. The van der Waals surface area contributed by atoms with Crippen molar-refractivity contribution < 1.29 is 17.2 Å². The van der Waals surface area contributed by atoms with Gasteiger partial charge in [-0.2, -0.15) is 5.10 Å². The van der Waals surface area contributed by atoms with Crippen molar-refractivity contribution in [3.63, 3.8) is 0 Å². The second-order valence-corrected chi connectivity index (χ2v) is 8.25. The number of anilines is 3. The summed E-state index contributed by atoms with van der Waals surface area (Å²) in [5.41, 5.74) is -0.452. The topological polar surface area (TPSA) is 128 Å². The van der Waals surface area contributed by atoms with E-state index in [-0.39, 0.29) is 28.7 Å². The zero-order valence-corrected chi connectivity index (χ0v) is 16.9. The van der Waals surface area contributed by atoms with Crippen molar-refractivity contribution in [1.82, 2.24) is 29.7 Å². The van der Waals surface area contributed by atoms with Crippen LogP contribution in [0.5, 0.6) is 0 Å².